The highest BCUT2D eigenvalue weighted by molar-refractivity contribution is 7.16. The number of nitrogens with zero attached hydrogens (tertiary/aromatic N) is 3. The van der Waals surface area contributed by atoms with Crippen LogP contribution in [0.3, 0.4) is 0 Å². The monoisotopic (exact) mass is 219 g/mol. The van der Waals surface area contributed by atoms with Crippen molar-refractivity contribution in [2.24, 2.45) is 0 Å². The van der Waals surface area contributed by atoms with Crippen LogP contribution < -0.4 is 0 Å². The molecule has 0 amide bonds. The number of hydrogen-bond donors (Lipinski definition) is 0. The Morgan fingerprint density at radius 3 is 3.13 bits per heavy atom. The molecular formula is C10H9N3OS. The van der Waals surface area contributed by atoms with Crippen molar-refractivity contribution in [3.8, 4) is 11.3 Å². The minimum atomic E-state index is 0.908. The fourth-order valence-electron chi connectivity index (χ4n) is 1.43. The number of imidazole rings is 1. The third kappa shape index (κ3) is 1.35. The fraction of sp³-hybridized carbons (Fsp3) is 0.200. The quantitative estimate of drug-likeness (QED) is 0.665. The van der Waals surface area contributed by atoms with Crippen LogP contribution in [-0.4, -0.2) is 14.6 Å². The molecule has 4 nitrogen and oxygen atoms in total. The first kappa shape index (κ1) is 8.67. The van der Waals surface area contributed by atoms with Crippen molar-refractivity contribution in [3.05, 3.63) is 29.8 Å². The van der Waals surface area contributed by atoms with Gasteiger partial charge < -0.3 is 4.42 Å². The van der Waals surface area contributed by atoms with Crippen LogP contribution in [0.5, 0.6) is 0 Å². The predicted octanol–water partition coefficient (Wildman–Crippen LogP) is 2.61. The zero-order valence-corrected chi connectivity index (χ0v) is 8.99. The first-order chi connectivity index (χ1) is 7.36. The van der Waals surface area contributed by atoms with E-state index in [1.54, 1.807) is 23.9 Å². The van der Waals surface area contributed by atoms with Gasteiger partial charge in [-0.15, -0.1) is 0 Å². The summed E-state index contributed by atoms with van der Waals surface area (Å²) in [5, 5.41) is 5.51. The standard InChI is InChI=1S/C10H9N3OS/c1-2-9-12-13-5-8(11-10(13)15-9)7-3-4-14-6-7/h3-6H,2H2,1H3. The summed E-state index contributed by atoms with van der Waals surface area (Å²) < 4.78 is 6.85. The highest BCUT2D eigenvalue weighted by atomic mass is 32.1. The van der Waals surface area contributed by atoms with Gasteiger partial charge in [0.25, 0.3) is 0 Å². The van der Waals surface area contributed by atoms with Crippen molar-refractivity contribution in [2.45, 2.75) is 13.3 Å². The van der Waals surface area contributed by atoms with Crippen molar-refractivity contribution >= 4 is 16.3 Å². The number of hydrogen-bond acceptors (Lipinski definition) is 4. The Morgan fingerprint density at radius 2 is 2.47 bits per heavy atom. The van der Waals surface area contributed by atoms with E-state index in [0.29, 0.717) is 0 Å². The molecular weight excluding hydrogens is 210 g/mol. The van der Waals surface area contributed by atoms with Gasteiger partial charge in [-0.25, -0.2) is 9.50 Å². The average Bonchev–Trinajstić information content (AvgIpc) is 2.91. The van der Waals surface area contributed by atoms with Gasteiger partial charge in [-0.05, 0) is 12.5 Å². The SMILES string of the molecule is CCc1nn2cc(-c3ccoc3)nc2s1. The number of fused-ring (bicyclic) bond motifs is 1. The molecule has 76 valence electrons. The maximum absolute atomic E-state index is 5.02. The van der Waals surface area contributed by atoms with E-state index in [0.717, 1.165) is 27.6 Å². The maximum atomic E-state index is 5.02. The Hall–Kier alpha value is -1.62. The molecule has 0 aliphatic carbocycles. The number of rotatable bonds is 2. The normalized spacial score (nSPS) is 11.3. The van der Waals surface area contributed by atoms with Crippen LogP contribution in [0.2, 0.25) is 0 Å². The fourth-order valence-corrected chi connectivity index (χ4v) is 2.25. The molecule has 0 aliphatic rings. The molecule has 3 rings (SSSR count). The Labute approximate surface area is 90.2 Å². The van der Waals surface area contributed by atoms with Gasteiger partial charge in [0, 0.05) is 5.56 Å². The lowest BCUT2D eigenvalue weighted by Crippen LogP contribution is -1.83. The van der Waals surface area contributed by atoms with Crippen molar-refractivity contribution in [1.29, 1.82) is 0 Å². The van der Waals surface area contributed by atoms with Crippen LogP contribution in [0, 0.1) is 0 Å². The summed E-state index contributed by atoms with van der Waals surface area (Å²) in [5.74, 6) is 0. The summed E-state index contributed by atoms with van der Waals surface area (Å²) in [4.78, 5) is 5.42. The van der Waals surface area contributed by atoms with E-state index in [1.165, 1.54) is 0 Å². The first-order valence-corrected chi connectivity index (χ1v) is 5.56. The molecule has 3 heterocycles. The molecule has 0 saturated carbocycles. The van der Waals surface area contributed by atoms with Gasteiger partial charge in [0.15, 0.2) is 0 Å². The molecule has 0 radical (unpaired) electrons. The third-order valence-electron chi connectivity index (χ3n) is 2.20. The van der Waals surface area contributed by atoms with Crippen LogP contribution in [0.25, 0.3) is 16.2 Å². The number of aryl methyl sites for hydroxylation is 1. The second-order valence-electron chi connectivity index (χ2n) is 3.21. The van der Waals surface area contributed by atoms with Gasteiger partial charge in [-0.2, -0.15) is 5.10 Å². The van der Waals surface area contributed by atoms with E-state index in [1.807, 2.05) is 16.8 Å². The van der Waals surface area contributed by atoms with Gasteiger partial charge >= 0.3 is 0 Å². The van der Waals surface area contributed by atoms with Crippen LogP contribution in [0.15, 0.2) is 29.2 Å². The molecule has 0 aromatic carbocycles. The second-order valence-corrected chi connectivity index (χ2v) is 4.26. The van der Waals surface area contributed by atoms with E-state index in [9.17, 15) is 0 Å². The molecule has 5 heteroatoms. The van der Waals surface area contributed by atoms with Crippen LogP contribution in [0.4, 0.5) is 0 Å². The van der Waals surface area contributed by atoms with E-state index in [2.05, 4.69) is 17.0 Å². The van der Waals surface area contributed by atoms with E-state index >= 15 is 0 Å². The second kappa shape index (κ2) is 3.20. The molecule has 3 aromatic rings. The minimum absolute atomic E-state index is 0.908. The summed E-state index contributed by atoms with van der Waals surface area (Å²) >= 11 is 1.63. The van der Waals surface area contributed by atoms with Crippen molar-refractivity contribution in [2.75, 3.05) is 0 Å². The lowest BCUT2D eigenvalue weighted by molar-refractivity contribution is 0.568. The average molecular weight is 219 g/mol. The maximum Gasteiger partial charge on any atom is 0.212 e. The zero-order valence-electron chi connectivity index (χ0n) is 8.17. The summed E-state index contributed by atoms with van der Waals surface area (Å²) in [6, 6.07) is 1.90. The third-order valence-corrected chi connectivity index (χ3v) is 3.27. The lowest BCUT2D eigenvalue weighted by atomic mass is 10.3. The molecule has 15 heavy (non-hydrogen) atoms. The highest BCUT2D eigenvalue weighted by Gasteiger charge is 2.08. The van der Waals surface area contributed by atoms with Crippen LogP contribution in [-0.2, 0) is 6.42 Å². The minimum Gasteiger partial charge on any atom is -0.472 e. The molecule has 0 aliphatic heterocycles. The molecule has 0 spiro atoms. The highest BCUT2D eigenvalue weighted by Crippen LogP contribution is 2.22. The van der Waals surface area contributed by atoms with Crippen LogP contribution in [0.1, 0.15) is 11.9 Å². The van der Waals surface area contributed by atoms with Gasteiger partial charge in [0.1, 0.15) is 5.01 Å². The van der Waals surface area contributed by atoms with Gasteiger partial charge in [0.2, 0.25) is 4.96 Å². The van der Waals surface area contributed by atoms with Crippen molar-refractivity contribution in [3.63, 3.8) is 0 Å². The van der Waals surface area contributed by atoms with Gasteiger partial charge in [-0.1, -0.05) is 18.3 Å². The van der Waals surface area contributed by atoms with E-state index < -0.39 is 0 Å². The summed E-state index contributed by atoms with van der Waals surface area (Å²) in [5.41, 5.74) is 1.90. The van der Waals surface area contributed by atoms with Crippen molar-refractivity contribution < 1.29 is 4.42 Å². The summed E-state index contributed by atoms with van der Waals surface area (Å²) in [7, 11) is 0. The van der Waals surface area contributed by atoms with Crippen molar-refractivity contribution in [1.82, 2.24) is 14.6 Å². The Morgan fingerprint density at radius 1 is 1.53 bits per heavy atom. The predicted molar refractivity (Wildman–Crippen MR) is 57.9 cm³/mol. The molecule has 0 saturated heterocycles. The molecule has 3 aromatic heterocycles. The summed E-state index contributed by atoms with van der Waals surface area (Å²) in [6.07, 6.45) is 6.21. The molecule has 0 bridgehead atoms. The molecule has 0 unspecified atom stereocenters. The lowest BCUT2D eigenvalue weighted by Gasteiger charge is -1.85. The smallest absolute Gasteiger partial charge is 0.212 e. The Bertz CT molecular complexity index is 547. The summed E-state index contributed by atoms with van der Waals surface area (Å²) in [6.45, 7) is 2.09. The Balaban J connectivity index is 2.12. The topological polar surface area (TPSA) is 43.3 Å². The Kier molecular flexibility index (Phi) is 1.85. The zero-order chi connectivity index (χ0) is 10.3. The molecule has 0 fully saturated rings. The molecule has 0 atom stereocenters. The number of aromatic nitrogens is 3. The van der Waals surface area contributed by atoms with Gasteiger partial charge in [-0.3, -0.25) is 0 Å². The first-order valence-electron chi connectivity index (χ1n) is 4.74. The largest absolute Gasteiger partial charge is 0.472 e. The van der Waals surface area contributed by atoms with Crippen LogP contribution >= 0.6 is 11.3 Å². The molecule has 0 N–H and O–H groups in total. The van der Waals surface area contributed by atoms with E-state index in [-0.39, 0.29) is 0 Å². The van der Waals surface area contributed by atoms with E-state index in [4.69, 9.17) is 4.42 Å². The number of furan rings is 1. The van der Waals surface area contributed by atoms with Gasteiger partial charge in [0.05, 0.1) is 24.4 Å².